The van der Waals surface area contributed by atoms with Gasteiger partial charge in [0.2, 0.25) is 0 Å². The van der Waals surface area contributed by atoms with Crippen LogP contribution in [0.15, 0.2) is 72.8 Å². The fourth-order valence-corrected chi connectivity index (χ4v) is 3.40. The van der Waals surface area contributed by atoms with Gasteiger partial charge in [-0.1, -0.05) is 60.2 Å². The van der Waals surface area contributed by atoms with Crippen LogP contribution < -0.4 is 4.74 Å². The highest BCUT2D eigenvalue weighted by Gasteiger charge is 2.52. The molecule has 0 bridgehead atoms. The lowest BCUT2D eigenvalue weighted by molar-refractivity contribution is -0.135. The highest BCUT2D eigenvalue weighted by Crippen LogP contribution is 2.49. The van der Waals surface area contributed by atoms with E-state index in [9.17, 15) is 9.90 Å². The Balaban J connectivity index is 2.07. The Kier molecular flexibility index (Phi) is 3.17. The number of carbonyl (C=O) groups is 1. The van der Waals surface area contributed by atoms with Gasteiger partial charge in [-0.2, -0.15) is 0 Å². The predicted molar refractivity (Wildman–Crippen MR) is 91.2 cm³/mol. The van der Waals surface area contributed by atoms with Crippen LogP contribution >= 0.6 is 0 Å². The number of phenolic OH excluding ortho intramolecular Hbond substituents is 1. The zero-order valence-corrected chi connectivity index (χ0v) is 13.2. The molecule has 1 aliphatic rings. The van der Waals surface area contributed by atoms with Crippen LogP contribution in [0.1, 0.15) is 22.3 Å². The molecule has 0 aliphatic carbocycles. The van der Waals surface area contributed by atoms with E-state index in [0.717, 1.165) is 22.3 Å². The zero-order chi connectivity index (χ0) is 16.7. The van der Waals surface area contributed by atoms with Crippen LogP contribution in [-0.2, 0) is 10.2 Å². The number of hydrogen-bond acceptors (Lipinski definition) is 3. The van der Waals surface area contributed by atoms with E-state index in [4.69, 9.17) is 4.74 Å². The van der Waals surface area contributed by atoms with Gasteiger partial charge in [-0.05, 0) is 30.2 Å². The van der Waals surface area contributed by atoms with E-state index in [1.807, 2.05) is 61.5 Å². The Bertz CT molecular complexity index is 914. The minimum Gasteiger partial charge on any atom is -0.508 e. The zero-order valence-electron chi connectivity index (χ0n) is 13.2. The quantitative estimate of drug-likeness (QED) is 0.575. The first kappa shape index (κ1) is 14.5. The van der Waals surface area contributed by atoms with Gasteiger partial charge in [0.25, 0.3) is 0 Å². The van der Waals surface area contributed by atoms with Crippen molar-refractivity contribution in [3.05, 3.63) is 95.1 Å². The fourth-order valence-electron chi connectivity index (χ4n) is 3.40. The maximum atomic E-state index is 13.0. The normalized spacial score (nSPS) is 19.0. The molecule has 24 heavy (non-hydrogen) atoms. The van der Waals surface area contributed by atoms with Crippen molar-refractivity contribution in [2.24, 2.45) is 0 Å². The van der Waals surface area contributed by atoms with Crippen LogP contribution in [0.3, 0.4) is 0 Å². The Morgan fingerprint density at radius 3 is 2.25 bits per heavy atom. The van der Waals surface area contributed by atoms with Crippen LogP contribution in [0.5, 0.6) is 11.5 Å². The highest BCUT2D eigenvalue weighted by molar-refractivity contribution is 5.98. The number of rotatable bonds is 2. The van der Waals surface area contributed by atoms with Gasteiger partial charge in [0.1, 0.15) is 16.9 Å². The number of aryl methyl sites for hydroxylation is 1. The number of benzene rings is 3. The van der Waals surface area contributed by atoms with Gasteiger partial charge in [0.15, 0.2) is 0 Å². The third-order valence-electron chi connectivity index (χ3n) is 4.57. The molecule has 118 valence electrons. The SMILES string of the molecule is Cc1ccc([C@@]2(c3ccccc3)C(=O)Oc3cc(O)ccc32)cc1. The Morgan fingerprint density at radius 1 is 0.875 bits per heavy atom. The van der Waals surface area contributed by atoms with Crippen LogP contribution in [0, 0.1) is 6.92 Å². The van der Waals surface area contributed by atoms with Gasteiger partial charge in [0, 0.05) is 11.6 Å². The summed E-state index contributed by atoms with van der Waals surface area (Å²) in [7, 11) is 0. The molecular weight excluding hydrogens is 300 g/mol. The molecule has 1 N–H and O–H groups in total. The Morgan fingerprint density at radius 2 is 1.54 bits per heavy atom. The first-order valence-corrected chi connectivity index (χ1v) is 7.81. The number of fused-ring (bicyclic) bond motifs is 1. The monoisotopic (exact) mass is 316 g/mol. The summed E-state index contributed by atoms with van der Waals surface area (Å²) in [4.78, 5) is 13.0. The van der Waals surface area contributed by atoms with Crippen molar-refractivity contribution in [3.63, 3.8) is 0 Å². The molecule has 0 amide bonds. The van der Waals surface area contributed by atoms with Crippen LogP contribution in [0.4, 0.5) is 0 Å². The number of esters is 1. The molecule has 3 heteroatoms. The van der Waals surface area contributed by atoms with Crippen molar-refractivity contribution in [2.45, 2.75) is 12.3 Å². The Hall–Kier alpha value is -3.07. The van der Waals surface area contributed by atoms with Crippen molar-refractivity contribution in [1.29, 1.82) is 0 Å². The smallest absolute Gasteiger partial charge is 0.331 e. The molecule has 1 aliphatic heterocycles. The van der Waals surface area contributed by atoms with E-state index >= 15 is 0 Å². The topological polar surface area (TPSA) is 46.5 Å². The number of phenols is 1. The molecule has 1 heterocycles. The lowest BCUT2D eigenvalue weighted by Crippen LogP contribution is -2.36. The maximum absolute atomic E-state index is 13.0. The van der Waals surface area contributed by atoms with E-state index in [0.29, 0.717) is 5.75 Å². The molecule has 4 rings (SSSR count). The first-order valence-electron chi connectivity index (χ1n) is 7.81. The standard InChI is InChI=1S/C21H16O3/c1-14-7-9-16(10-8-14)21(15-5-3-2-4-6-15)18-12-11-17(22)13-19(18)24-20(21)23/h2-13,22H,1H3/t21-/m1/s1. The molecule has 0 radical (unpaired) electrons. The van der Waals surface area contributed by atoms with Crippen LogP contribution in [-0.4, -0.2) is 11.1 Å². The number of aromatic hydroxyl groups is 1. The van der Waals surface area contributed by atoms with Gasteiger partial charge >= 0.3 is 5.97 Å². The molecule has 0 spiro atoms. The Labute approximate surface area is 140 Å². The van der Waals surface area contributed by atoms with Gasteiger partial charge in [-0.25, -0.2) is 4.79 Å². The molecule has 0 saturated carbocycles. The largest absolute Gasteiger partial charge is 0.508 e. The highest BCUT2D eigenvalue weighted by atomic mass is 16.5. The van der Waals surface area contributed by atoms with Crippen molar-refractivity contribution < 1.29 is 14.6 Å². The van der Waals surface area contributed by atoms with E-state index < -0.39 is 5.41 Å². The number of ether oxygens (including phenoxy) is 1. The van der Waals surface area contributed by atoms with Gasteiger partial charge in [-0.15, -0.1) is 0 Å². The summed E-state index contributed by atoms with van der Waals surface area (Å²) in [5.74, 6) is 0.136. The minimum absolute atomic E-state index is 0.0781. The average molecular weight is 316 g/mol. The second kappa shape index (κ2) is 5.24. The summed E-state index contributed by atoms with van der Waals surface area (Å²) in [5, 5.41) is 9.74. The van der Waals surface area contributed by atoms with Crippen molar-refractivity contribution in [3.8, 4) is 11.5 Å². The lowest BCUT2D eigenvalue weighted by Gasteiger charge is -2.27. The average Bonchev–Trinajstić information content (AvgIpc) is 2.88. The van der Waals surface area contributed by atoms with Gasteiger partial charge < -0.3 is 9.84 Å². The van der Waals surface area contributed by atoms with Crippen LogP contribution in [0.25, 0.3) is 0 Å². The van der Waals surface area contributed by atoms with Crippen molar-refractivity contribution in [2.75, 3.05) is 0 Å². The molecule has 3 nitrogen and oxygen atoms in total. The summed E-state index contributed by atoms with van der Waals surface area (Å²) in [5.41, 5.74) is 2.56. The minimum atomic E-state index is -1.02. The van der Waals surface area contributed by atoms with Crippen LogP contribution in [0.2, 0.25) is 0 Å². The second-order valence-electron chi connectivity index (χ2n) is 6.05. The van der Waals surface area contributed by atoms with E-state index in [1.54, 1.807) is 12.1 Å². The van der Waals surface area contributed by atoms with Gasteiger partial charge in [-0.3, -0.25) is 0 Å². The second-order valence-corrected chi connectivity index (χ2v) is 6.05. The fraction of sp³-hybridized carbons (Fsp3) is 0.0952. The molecule has 0 fully saturated rings. The predicted octanol–water partition coefficient (Wildman–Crippen LogP) is 3.95. The molecule has 3 aromatic carbocycles. The molecule has 1 atom stereocenters. The van der Waals surface area contributed by atoms with E-state index in [2.05, 4.69) is 0 Å². The molecule has 0 aromatic heterocycles. The summed E-state index contributed by atoms with van der Waals surface area (Å²) in [6.45, 7) is 2.01. The third-order valence-corrected chi connectivity index (χ3v) is 4.57. The van der Waals surface area contributed by atoms with Crippen molar-refractivity contribution in [1.82, 2.24) is 0 Å². The first-order chi connectivity index (χ1) is 11.6. The summed E-state index contributed by atoms with van der Waals surface area (Å²) >= 11 is 0. The third kappa shape index (κ3) is 1.95. The summed E-state index contributed by atoms with van der Waals surface area (Å²) in [6.07, 6.45) is 0. The molecule has 0 saturated heterocycles. The van der Waals surface area contributed by atoms with E-state index in [-0.39, 0.29) is 11.7 Å². The van der Waals surface area contributed by atoms with E-state index in [1.165, 1.54) is 6.07 Å². The van der Waals surface area contributed by atoms with Gasteiger partial charge in [0.05, 0.1) is 0 Å². The summed E-state index contributed by atoms with van der Waals surface area (Å²) < 4.78 is 5.54. The number of hydrogen-bond donors (Lipinski definition) is 1. The molecule has 3 aromatic rings. The number of carbonyl (C=O) groups excluding carboxylic acids is 1. The van der Waals surface area contributed by atoms with Crippen molar-refractivity contribution >= 4 is 5.97 Å². The molecule has 0 unspecified atom stereocenters. The lowest BCUT2D eigenvalue weighted by atomic mass is 9.70. The summed E-state index contributed by atoms with van der Waals surface area (Å²) in [6, 6.07) is 22.4. The molecular formula is C21H16O3. The maximum Gasteiger partial charge on any atom is 0.331 e.